The molecule has 0 aliphatic carbocycles. The maximum Gasteiger partial charge on any atom is 0.352 e. The molecule has 0 fully saturated rings. The van der Waals surface area contributed by atoms with E-state index in [1.807, 2.05) is 11.8 Å². The number of sulfonamides is 1. The number of hydrogen-bond donors (Lipinski definition) is 2. The summed E-state index contributed by atoms with van der Waals surface area (Å²) >= 11 is 0. The molecule has 9 heteroatoms. The first kappa shape index (κ1) is 16.6. The molecular weight excluding hydrogens is 288 g/mol. The highest BCUT2D eigenvalue weighted by molar-refractivity contribution is 7.89. The third-order valence-electron chi connectivity index (χ3n) is 2.42. The first-order valence-corrected chi connectivity index (χ1v) is 7.46. The highest BCUT2D eigenvalue weighted by atomic mass is 32.2. The van der Waals surface area contributed by atoms with E-state index in [0.717, 1.165) is 6.07 Å². The highest BCUT2D eigenvalue weighted by Gasteiger charge is 2.21. The Labute approximate surface area is 117 Å². The molecule has 0 aliphatic rings. The average molecular weight is 306 g/mol. The summed E-state index contributed by atoms with van der Waals surface area (Å²) in [6.45, 7) is 2.57. The lowest BCUT2D eigenvalue weighted by Gasteiger charge is -2.05. The smallest absolute Gasteiger partial charge is 0.352 e. The second-order valence-corrected chi connectivity index (χ2v) is 5.63. The Morgan fingerprint density at radius 3 is 2.70 bits per heavy atom. The van der Waals surface area contributed by atoms with Crippen molar-refractivity contribution in [2.75, 3.05) is 20.3 Å². The van der Waals surface area contributed by atoms with Crippen LogP contribution in [-0.4, -0.2) is 44.4 Å². The van der Waals surface area contributed by atoms with Crippen molar-refractivity contribution in [2.24, 2.45) is 0 Å². The summed E-state index contributed by atoms with van der Waals surface area (Å²) in [5, 5.41) is 9.03. The summed E-state index contributed by atoms with van der Waals surface area (Å²) in [7, 11) is -2.45. The van der Waals surface area contributed by atoms with Gasteiger partial charge in [-0.25, -0.2) is 13.2 Å². The van der Waals surface area contributed by atoms with Gasteiger partial charge in [0, 0.05) is 19.9 Å². The van der Waals surface area contributed by atoms with Crippen LogP contribution in [0.4, 0.5) is 0 Å². The highest BCUT2D eigenvalue weighted by Crippen LogP contribution is 2.15. The fraction of sp³-hybridized carbons (Fsp3) is 0.545. The minimum Gasteiger partial charge on any atom is -0.477 e. The van der Waals surface area contributed by atoms with Gasteiger partial charge in [0.15, 0.2) is 0 Å². The molecule has 1 rings (SSSR count). The first-order valence-electron chi connectivity index (χ1n) is 5.98. The number of aromatic nitrogens is 1. The Kier molecular flexibility index (Phi) is 6.14. The molecule has 0 unspecified atom stereocenters. The van der Waals surface area contributed by atoms with E-state index < -0.39 is 16.0 Å². The van der Waals surface area contributed by atoms with Crippen molar-refractivity contribution in [3.8, 4) is 0 Å². The van der Waals surface area contributed by atoms with Crippen LogP contribution < -0.4 is 4.89 Å². The minimum absolute atomic E-state index is 0.0528. The topological polar surface area (TPSA) is 107 Å². The Bertz CT molecular complexity index is 551. The Balaban J connectivity index is 2.89. The number of nitrogens with one attached hydrogen (secondary N) is 1. The van der Waals surface area contributed by atoms with Gasteiger partial charge in [-0.15, -0.1) is 0 Å². The molecular formula is C11H18N2O6S. The van der Waals surface area contributed by atoms with Crippen molar-refractivity contribution in [3.05, 3.63) is 18.0 Å². The standard InChI is InChI=1S/C11H18N2O6S/c1-3-4-13-8-9(7-10(13)11(14)15)20(16,17)12-19-6-5-18-2/h7-8,12H,3-6H2,1-2H3,(H,14,15). The molecule has 0 aliphatic heterocycles. The predicted molar refractivity (Wildman–Crippen MR) is 69.8 cm³/mol. The van der Waals surface area contributed by atoms with Crippen molar-refractivity contribution < 1.29 is 27.9 Å². The van der Waals surface area contributed by atoms with E-state index >= 15 is 0 Å². The quantitative estimate of drug-likeness (QED) is 0.507. The molecule has 0 saturated heterocycles. The van der Waals surface area contributed by atoms with E-state index in [9.17, 15) is 13.2 Å². The zero-order valence-corrected chi connectivity index (χ0v) is 12.1. The molecule has 0 saturated carbocycles. The van der Waals surface area contributed by atoms with E-state index in [1.54, 1.807) is 0 Å². The van der Waals surface area contributed by atoms with Gasteiger partial charge in [-0.05, 0) is 12.5 Å². The fourth-order valence-corrected chi connectivity index (χ4v) is 2.40. The first-order chi connectivity index (χ1) is 9.42. The number of aryl methyl sites for hydroxylation is 1. The van der Waals surface area contributed by atoms with Crippen molar-refractivity contribution in [1.29, 1.82) is 0 Å². The van der Waals surface area contributed by atoms with E-state index in [-0.39, 0.29) is 23.8 Å². The number of ether oxygens (including phenoxy) is 1. The van der Waals surface area contributed by atoms with Gasteiger partial charge in [0.05, 0.1) is 13.2 Å². The van der Waals surface area contributed by atoms with E-state index in [4.69, 9.17) is 14.7 Å². The summed E-state index contributed by atoms with van der Waals surface area (Å²) in [5.41, 5.74) is -0.0795. The lowest BCUT2D eigenvalue weighted by molar-refractivity contribution is 0.0438. The van der Waals surface area contributed by atoms with Crippen molar-refractivity contribution in [2.45, 2.75) is 24.8 Å². The van der Waals surface area contributed by atoms with Crippen LogP contribution in [0.5, 0.6) is 0 Å². The Morgan fingerprint density at radius 1 is 1.45 bits per heavy atom. The molecule has 1 aromatic rings. The number of carbonyl (C=O) groups is 1. The van der Waals surface area contributed by atoms with Gasteiger partial charge in [0.25, 0.3) is 10.0 Å². The van der Waals surface area contributed by atoms with Crippen LogP contribution in [0.15, 0.2) is 17.2 Å². The van der Waals surface area contributed by atoms with Crippen molar-refractivity contribution >= 4 is 16.0 Å². The Morgan fingerprint density at radius 2 is 2.15 bits per heavy atom. The number of methoxy groups -OCH3 is 1. The molecule has 0 bridgehead atoms. The van der Waals surface area contributed by atoms with Gasteiger partial charge in [-0.2, -0.15) is 0 Å². The third-order valence-corrected chi connectivity index (χ3v) is 3.60. The molecule has 2 N–H and O–H groups in total. The van der Waals surface area contributed by atoms with Crippen LogP contribution in [-0.2, 0) is 26.1 Å². The molecule has 20 heavy (non-hydrogen) atoms. The second-order valence-electron chi connectivity index (χ2n) is 3.99. The average Bonchev–Trinajstić information content (AvgIpc) is 2.80. The molecule has 1 aromatic heterocycles. The van der Waals surface area contributed by atoms with E-state index in [0.29, 0.717) is 13.0 Å². The van der Waals surface area contributed by atoms with Gasteiger partial charge in [0.2, 0.25) is 0 Å². The lowest BCUT2D eigenvalue weighted by Crippen LogP contribution is -2.25. The predicted octanol–water partition coefficient (Wildman–Crippen LogP) is 0.453. The maximum absolute atomic E-state index is 11.9. The van der Waals surface area contributed by atoms with Gasteiger partial charge < -0.3 is 14.4 Å². The largest absolute Gasteiger partial charge is 0.477 e. The number of nitrogens with zero attached hydrogens (tertiary/aromatic N) is 1. The van der Waals surface area contributed by atoms with Crippen LogP contribution in [0, 0.1) is 0 Å². The van der Waals surface area contributed by atoms with Crippen LogP contribution in [0.3, 0.4) is 0 Å². The number of carboxylic acid groups (broad SMARTS) is 1. The fourth-order valence-electron chi connectivity index (χ4n) is 1.53. The number of aromatic carboxylic acids is 1. The summed E-state index contributed by atoms with van der Waals surface area (Å²) in [5.74, 6) is -1.18. The monoisotopic (exact) mass is 306 g/mol. The van der Waals surface area contributed by atoms with Crippen LogP contribution in [0.25, 0.3) is 0 Å². The number of hydrogen-bond acceptors (Lipinski definition) is 5. The van der Waals surface area contributed by atoms with Gasteiger partial charge in [-0.1, -0.05) is 11.8 Å². The zero-order valence-electron chi connectivity index (χ0n) is 11.3. The normalized spacial score (nSPS) is 11.7. The third kappa shape index (κ3) is 4.30. The molecule has 0 radical (unpaired) electrons. The Hall–Kier alpha value is -1.42. The SMILES string of the molecule is CCCn1cc(S(=O)(=O)NOCCOC)cc1C(=O)O. The van der Waals surface area contributed by atoms with Crippen LogP contribution in [0.1, 0.15) is 23.8 Å². The van der Waals surface area contributed by atoms with Crippen molar-refractivity contribution in [1.82, 2.24) is 9.45 Å². The zero-order chi connectivity index (χ0) is 15.2. The second kappa shape index (κ2) is 7.39. The van der Waals surface area contributed by atoms with Gasteiger partial charge in [-0.3, -0.25) is 4.84 Å². The molecule has 1 heterocycles. The molecule has 0 spiro atoms. The molecule has 0 atom stereocenters. The summed E-state index contributed by atoms with van der Waals surface area (Å²) in [4.78, 5) is 17.6. The van der Waals surface area contributed by atoms with Crippen LogP contribution in [0.2, 0.25) is 0 Å². The molecule has 0 amide bonds. The molecule has 0 aromatic carbocycles. The number of rotatable bonds is 9. The van der Waals surface area contributed by atoms with Gasteiger partial charge >= 0.3 is 5.97 Å². The minimum atomic E-state index is -3.91. The van der Waals surface area contributed by atoms with E-state index in [1.165, 1.54) is 17.9 Å². The van der Waals surface area contributed by atoms with E-state index in [2.05, 4.69) is 0 Å². The number of carboxylic acids is 1. The summed E-state index contributed by atoms with van der Waals surface area (Å²) in [6, 6.07) is 1.10. The van der Waals surface area contributed by atoms with Gasteiger partial charge in [0.1, 0.15) is 10.6 Å². The van der Waals surface area contributed by atoms with Crippen molar-refractivity contribution in [3.63, 3.8) is 0 Å². The summed E-state index contributed by atoms with van der Waals surface area (Å²) in [6.07, 6.45) is 1.96. The lowest BCUT2D eigenvalue weighted by atomic mass is 10.4. The maximum atomic E-state index is 11.9. The summed E-state index contributed by atoms with van der Waals surface area (Å²) < 4.78 is 29.9. The molecule has 114 valence electrons. The van der Waals surface area contributed by atoms with Crippen LogP contribution >= 0.6 is 0 Å². The molecule has 8 nitrogen and oxygen atoms in total.